The zero-order valence-electron chi connectivity index (χ0n) is 16.3. The first-order chi connectivity index (χ1) is 14.7. The average Bonchev–Trinajstić information content (AvgIpc) is 3.22. The second kappa shape index (κ2) is 8.10. The highest BCUT2D eigenvalue weighted by molar-refractivity contribution is 7.98. The van der Waals surface area contributed by atoms with E-state index in [0.717, 1.165) is 34.4 Å². The van der Waals surface area contributed by atoms with Gasteiger partial charge in [-0.1, -0.05) is 48.2 Å². The van der Waals surface area contributed by atoms with Crippen LogP contribution in [0.15, 0.2) is 57.8 Å². The van der Waals surface area contributed by atoms with E-state index in [1.165, 1.54) is 47.1 Å². The molecule has 6 heteroatoms. The number of aromatic nitrogens is 2. The summed E-state index contributed by atoms with van der Waals surface area (Å²) >= 11 is 2.95. The van der Waals surface area contributed by atoms with Gasteiger partial charge < -0.3 is 4.98 Å². The Labute approximate surface area is 182 Å². The van der Waals surface area contributed by atoms with E-state index in [0.29, 0.717) is 21.9 Å². The van der Waals surface area contributed by atoms with Gasteiger partial charge in [0.1, 0.15) is 4.83 Å². The largest absolute Gasteiger partial charge is 0.301 e. The van der Waals surface area contributed by atoms with Gasteiger partial charge in [0.05, 0.1) is 17.0 Å². The number of nitriles is 1. The Morgan fingerprint density at radius 3 is 2.83 bits per heavy atom. The van der Waals surface area contributed by atoms with E-state index < -0.39 is 0 Å². The lowest BCUT2D eigenvalue weighted by Crippen LogP contribution is -2.09. The van der Waals surface area contributed by atoms with Gasteiger partial charge in [0.25, 0.3) is 5.56 Å². The van der Waals surface area contributed by atoms with E-state index in [-0.39, 0.29) is 5.56 Å². The molecule has 2 heterocycles. The van der Waals surface area contributed by atoms with Gasteiger partial charge in [-0.15, -0.1) is 11.3 Å². The maximum absolute atomic E-state index is 12.9. The van der Waals surface area contributed by atoms with Crippen molar-refractivity contribution in [3.8, 4) is 17.2 Å². The number of thiophene rings is 1. The molecule has 2 aromatic carbocycles. The fourth-order valence-electron chi connectivity index (χ4n) is 4.01. The Bertz CT molecular complexity index is 1350. The zero-order valence-corrected chi connectivity index (χ0v) is 17.9. The summed E-state index contributed by atoms with van der Waals surface area (Å²) in [6.07, 6.45) is 4.76. The van der Waals surface area contributed by atoms with Crippen molar-refractivity contribution in [3.05, 3.63) is 80.5 Å². The van der Waals surface area contributed by atoms with Crippen molar-refractivity contribution in [1.29, 1.82) is 5.26 Å². The SMILES string of the molecule is N#Cc1ccccc1CSc1nc2scc(-c3ccc4c(c3)CCCC4)c2c(=O)[nH]1. The maximum atomic E-state index is 12.9. The van der Waals surface area contributed by atoms with Crippen molar-refractivity contribution >= 4 is 33.3 Å². The Hall–Kier alpha value is -2.88. The molecule has 0 bridgehead atoms. The predicted octanol–water partition coefficient (Wildman–Crippen LogP) is 5.69. The number of nitrogens with zero attached hydrogens (tertiary/aromatic N) is 2. The summed E-state index contributed by atoms with van der Waals surface area (Å²) in [6, 6.07) is 16.3. The fourth-order valence-corrected chi connectivity index (χ4v) is 5.88. The third kappa shape index (κ3) is 3.55. The number of nitrogens with one attached hydrogen (secondary N) is 1. The molecular formula is C24H19N3OS2. The van der Waals surface area contributed by atoms with Crippen LogP contribution < -0.4 is 5.56 Å². The highest BCUT2D eigenvalue weighted by Gasteiger charge is 2.16. The molecule has 0 saturated carbocycles. The van der Waals surface area contributed by atoms with Crippen molar-refractivity contribution in [2.45, 2.75) is 36.6 Å². The normalized spacial score (nSPS) is 13.2. The van der Waals surface area contributed by atoms with Crippen LogP contribution in [0.5, 0.6) is 0 Å². The predicted molar refractivity (Wildman–Crippen MR) is 123 cm³/mol. The molecule has 0 unspecified atom stereocenters. The van der Waals surface area contributed by atoms with Crippen molar-refractivity contribution in [3.63, 3.8) is 0 Å². The topological polar surface area (TPSA) is 69.5 Å². The number of aromatic amines is 1. The van der Waals surface area contributed by atoms with Crippen LogP contribution in [0.3, 0.4) is 0 Å². The molecule has 0 atom stereocenters. The second-order valence-electron chi connectivity index (χ2n) is 7.45. The Balaban J connectivity index is 1.47. The molecule has 0 radical (unpaired) electrons. The van der Waals surface area contributed by atoms with Gasteiger partial charge in [0.2, 0.25) is 0 Å². The number of rotatable bonds is 4. The lowest BCUT2D eigenvalue weighted by atomic mass is 9.89. The standard InChI is InChI=1S/C24H19N3OS2/c25-12-18-7-3-4-8-19(18)13-30-24-26-22(28)21-20(14-29-23(21)27-24)17-10-9-15-5-1-2-6-16(15)11-17/h3-4,7-11,14H,1-2,5-6,13H2,(H,26,27,28). The van der Waals surface area contributed by atoms with Crippen molar-refractivity contribution < 1.29 is 0 Å². The van der Waals surface area contributed by atoms with Crippen molar-refractivity contribution in [2.24, 2.45) is 0 Å². The third-order valence-corrected chi connectivity index (χ3v) is 7.38. The minimum atomic E-state index is -0.106. The van der Waals surface area contributed by atoms with Gasteiger partial charge in [-0.3, -0.25) is 4.79 Å². The first kappa shape index (κ1) is 19.1. The van der Waals surface area contributed by atoms with Gasteiger partial charge in [0, 0.05) is 16.7 Å². The smallest absolute Gasteiger partial charge is 0.260 e. The van der Waals surface area contributed by atoms with Crippen LogP contribution in [0.2, 0.25) is 0 Å². The number of H-pyrrole nitrogens is 1. The first-order valence-corrected chi connectivity index (χ1v) is 11.8. The molecule has 1 aliphatic rings. The van der Waals surface area contributed by atoms with Crippen LogP contribution in [0.25, 0.3) is 21.3 Å². The van der Waals surface area contributed by atoms with E-state index in [1.54, 1.807) is 6.07 Å². The van der Waals surface area contributed by atoms with Crippen molar-refractivity contribution in [1.82, 2.24) is 9.97 Å². The molecule has 4 aromatic rings. The highest BCUT2D eigenvalue weighted by atomic mass is 32.2. The van der Waals surface area contributed by atoms with Crippen LogP contribution in [-0.2, 0) is 18.6 Å². The third-order valence-electron chi connectivity index (χ3n) is 5.58. The van der Waals surface area contributed by atoms with Crippen molar-refractivity contribution in [2.75, 3.05) is 0 Å². The van der Waals surface area contributed by atoms with Gasteiger partial charge in [-0.25, -0.2) is 4.98 Å². The molecule has 0 amide bonds. The number of thioether (sulfide) groups is 1. The van der Waals surface area contributed by atoms with E-state index >= 15 is 0 Å². The molecule has 1 aliphatic carbocycles. The number of benzene rings is 2. The minimum absolute atomic E-state index is 0.106. The molecule has 0 fully saturated rings. The van der Waals surface area contributed by atoms with Gasteiger partial charge in [-0.2, -0.15) is 5.26 Å². The molecule has 0 spiro atoms. The summed E-state index contributed by atoms with van der Waals surface area (Å²) in [5.41, 5.74) is 6.39. The Morgan fingerprint density at radius 1 is 1.13 bits per heavy atom. The van der Waals surface area contributed by atoms with Gasteiger partial charge >= 0.3 is 0 Å². The summed E-state index contributed by atoms with van der Waals surface area (Å²) in [5.74, 6) is 0.585. The van der Waals surface area contributed by atoms with E-state index in [4.69, 9.17) is 0 Å². The summed E-state index contributed by atoms with van der Waals surface area (Å²) < 4.78 is 0. The van der Waals surface area contributed by atoms with Crippen LogP contribution in [0.4, 0.5) is 0 Å². The number of hydrogen-bond donors (Lipinski definition) is 1. The summed E-state index contributed by atoms with van der Waals surface area (Å²) in [4.78, 5) is 21.3. The molecule has 0 aliphatic heterocycles. The van der Waals surface area contributed by atoms with E-state index in [9.17, 15) is 10.1 Å². The van der Waals surface area contributed by atoms with Crippen LogP contribution in [-0.4, -0.2) is 9.97 Å². The second-order valence-corrected chi connectivity index (χ2v) is 9.27. The van der Waals surface area contributed by atoms with E-state index in [1.807, 2.05) is 23.6 Å². The Kier molecular flexibility index (Phi) is 5.16. The minimum Gasteiger partial charge on any atom is -0.301 e. The summed E-state index contributed by atoms with van der Waals surface area (Å²) in [7, 11) is 0. The lowest BCUT2D eigenvalue weighted by Gasteiger charge is -2.16. The van der Waals surface area contributed by atoms with Crippen LogP contribution >= 0.6 is 23.1 Å². The lowest BCUT2D eigenvalue weighted by molar-refractivity contribution is 0.686. The number of fused-ring (bicyclic) bond motifs is 2. The van der Waals surface area contributed by atoms with E-state index in [2.05, 4.69) is 34.2 Å². The maximum Gasteiger partial charge on any atom is 0.260 e. The molecule has 1 N–H and O–H groups in total. The van der Waals surface area contributed by atoms with Gasteiger partial charge in [-0.05, 0) is 54.0 Å². The summed E-state index contributed by atoms with van der Waals surface area (Å²) in [5, 5.41) is 12.5. The average molecular weight is 430 g/mol. The Morgan fingerprint density at radius 2 is 1.97 bits per heavy atom. The first-order valence-electron chi connectivity index (χ1n) is 9.97. The molecule has 30 heavy (non-hydrogen) atoms. The van der Waals surface area contributed by atoms with Gasteiger partial charge in [0.15, 0.2) is 5.16 Å². The molecule has 0 saturated heterocycles. The molecule has 4 nitrogen and oxygen atoms in total. The quantitative estimate of drug-likeness (QED) is 0.334. The highest BCUT2D eigenvalue weighted by Crippen LogP contribution is 2.34. The molecule has 148 valence electrons. The monoisotopic (exact) mass is 429 g/mol. The molecular weight excluding hydrogens is 410 g/mol. The fraction of sp³-hybridized carbons (Fsp3) is 0.208. The summed E-state index contributed by atoms with van der Waals surface area (Å²) in [6.45, 7) is 0. The zero-order chi connectivity index (χ0) is 20.5. The number of aryl methyl sites for hydroxylation is 2. The number of hydrogen-bond acceptors (Lipinski definition) is 5. The molecule has 5 rings (SSSR count). The van der Waals surface area contributed by atoms with Crippen LogP contribution in [0, 0.1) is 11.3 Å². The molecule has 2 aromatic heterocycles. The van der Waals surface area contributed by atoms with Crippen LogP contribution in [0.1, 0.15) is 35.1 Å².